The van der Waals surface area contributed by atoms with Crippen LogP contribution in [-0.4, -0.2) is 44.2 Å². The number of rotatable bonds is 10. The van der Waals surface area contributed by atoms with Crippen LogP contribution in [0.5, 0.6) is 0 Å². The van der Waals surface area contributed by atoms with E-state index in [1.165, 1.54) is 0 Å². The van der Waals surface area contributed by atoms with Gasteiger partial charge in [-0.3, -0.25) is 0 Å². The van der Waals surface area contributed by atoms with Crippen molar-refractivity contribution in [2.75, 3.05) is 26.8 Å². The van der Waals surface area contributed by atoms with E-state index in [0.29, 0.717) is 25.1 Å². The zero-order valence-corrected chi connectivity index (χ0v) is 11.5. The summed E-state index contributed by atoms with van der Waals surface area (Å²) in [5, 5.41) is 12.8. The highest BCUT2D eigenvalue weighted by Gasteiger charge is 2.05. The molecule has 0 radical (unpaired) electrons. The fourth-order valence-electron chi connectivity index (χ4n) is 1.26. The summed E-state index contributed by atoms with van der Waals surface area (Å²) >= 11 is 0. The molecule has 0 bridgehead atoms. The molecule has 0 aromatic heterocycles. The average Bonchev–Trinajstić information content (AvgIpc) is 2.35. The van der Waals surface area contributed by atoms with Gasteiger partial charge in [0.05, 0.1) is 12.7 Å². The minimum absolute atomic E-state index is 0.272. The predicted octanol–water partition coefficient (Wildman–Crippen LogP) is 2.12. The second-order valence-electron chi connectivity index (χ2n) is 4.13. The Hall–Kier alpha value is -1.11. The fourth-order valence-corrected chi connectivity index (χ4v) is 1.26. The highest BCUT2D eigenvalue weighted by molar-refractivity contribution is 5.78. The first-order chi connectivity index (χ1) is 8.97. The molecule has 0 rings (SSSR count). The molecule has 0 aromatic rings. The summed E-state index contributed by atoms with van der Waals surface area (Å²) in [5.74, 6) is -2.15. The number of nitrogens with one attached hydrogen (secondary N) is 1. The van der Waals surface area contributed by atoms with Crippen LogP contribution in [0.15, 0.2) is 28.9 Å². The summed E-state index contributed by atoms with van der Waals surface area (Å²) in [4.78, 5) is 3.27. The average molecular weight is 276 g/mol. The van der Waals surface area contributed by atoms with Crippen LogP contribution in [0.2, 0.25) is 0 Å². The molecule has 0 aliphatic heterocycles. The van der Waals surface area contributed by atoms with Gasteiger partial charge in [0, 0.05) is 19.9 Å². The van der Waals surface area contributed by atoms with E-state index in [9.17, 15) is 13.9 Å². The number of allylic oxidation sites excluding steroid dienone is 1. The van der Waals surface area contributed by atoms with Crippen LogP contribution in [0.25, 0.3) is 0 Å². The van der Waals surface area contributed by atoms with Crippen molar-refractivity contribution in [3.8, 4) is 0 Å². The molecule has 0 fully saturated rings. The Kier molecular flexibility index (Phi) is 10.1. The molecule has 2 N–H and O–H groups in total. The fraction of sp³-hybridized carbons (Fsp3) is 0.615. The van der Waals surface area contributed by atoms with Gasteiger partial charge in [0.1, 0.15) is 0 Å². The minimum atomic E-state index is -1.17. The SMILES string of the molecule is C=C(C=N/C(F)=C(\C)F)CC(O)CCNCCOC. The Bertz CT molecular complexity index is 327. The summed E-state index contributed by atoms with van der Waals surface area (Å²) in [7, 11) is 1.62. The summed E-state index contributed by atoms with van der Waals surface area (Å²) in [6.45, 7) is 6.58. The molecule has 1 atom stereocenters. The van der Waals surface area contributed by atoms with Gasteiger partial charge >= 0.3 is 0 Å². The molecule has 0 aliphatic rings. The first-order valence-electron chi connectivity index (χ1n) is 6.08. The number of aliphatic hydroxyl groups is 1. The van der Waals surface area contributed by atoms with Crippen LogP contribution >= 0.6 is 0 Å². The lowest BCUT2D eigenvalue weighted by molar-refractivity contribution is 0.162. The van der Waals surface area contributed by atoms with E-state index in [-0.39, 0.29) is 6.42 Å². The van der Waals surface area contributed by atoms with Crippen molar-refractivity contribution < 1.29 is 18.6 Å². The minimum Gasteiger partial charge on any atom is -0.393 e. The van der Waals surface area contributed by atoms with Crippen molar-refractivity contribution in [2.24, 2.45) is 4.99 Å². The molecule has 0 aromatic carbocycles. The van der Waals surface area contributed by atoms with E-state index < -0.39 is 17.9 Å². The molecule has 0 saturated carbocycles. The third-order valence-electron chi connectivity index (χ3n) is 2.28. The highest BCUT2D eigenvalue weighted by atomic mass is 19.2. The number of halogens is 2. The molecule has 4 nitrogen and oxygen atoms in total. The first-order valence-corrected chi connectivity index (χ1v) is 6.08. The molecule has 0 saturated heterocycles. The number of aliphatic imine (C=N–C) groups is 1. The standard InChI is InChI=1S/C13H22F2N2O2/c1-10(9-17-13(15)11(2)14)8-12(18)4-5-16-6-7-19-3/h9,12,16,18H,1,4-8H2,2-3H3/b13-11+,17-9?. The molecule has 0 spiro atoms. The Labute approximate surface area is 112 Å². The van der Waals surface area contributed by atoms with Crippen LogP contribution in [0.1, 0.15) is 19.8 Å². The second-order valence-corrected chi connectivity index (χ2v) is 4.13. The summed E-state index contributed by atoms with van der Waals surface area (Å²) in [6, 6.07) is 0. The largest absolute Gasteiger partial charge is 0.393 e. The van der Waals surface area contributed by atoms with E-state index in [4.69, 9.17) is 4.74 Å². The Morgan fingerprint density at radius 1 is 1.47 bits per heavy atom. The van der Waals surface area contributed by atoms with Gasteiger partial charge in [-0.2, -0.15) is 4.39 Å². The summed E-state index contributed by atoms with van der Waals surface area (Å²) < 4.78 is 30.0. The topological polar surface area (TPSA) is 53.9 Å². The van der Waals surface area contributed by atoms with Crippen LogP contribution in [-0.2, 0) is 4.74 Å². The Morgan fingerprint density at radius 3 is 2.74 bits per heavy atom. The third-order valence-corrected chi connectivity index (χ3v) is 2.28. The van der Waals surface area contributed by atoms with Gasteiger partial charge in [0.25, 0.3) is 0 Å². The maximum Gasteiger partial charge on any atom is 0.244 e. The Balaban J connectivity index is 3.84. The molecule has 6 heteroatoms. The first kappa shape index (κ1) is 17.9. The number of hydrogen-bond donors (Lipinski definition) is 2. The van der Waals surface area contributed by atoms with Crippen LogP contribution in [0, 0.1) is 0 Å². The molecule has 0 amide bonds. The van der Waals surface area contributed by atoms with E-state index >= 15 is 0 Å². The monoisotopic (exact) mass is 276 g/mol. The molecule has 110 valence electrons. The van der Waals surface area contributed by atoms with Gasteiger partial charge < -0.3 is 15.2 Å². The van der Waals surface area contributed by atoms with Crippen molar-refractivity contribution in [2.45, 2.75) is 25.9 Å². The molecule has 1 unspecified atom stereocenters. The molecule has 0 heterocycles. The normalized spacial score (nSPS) is 14.6. The number of nitrogens with zero attached hydrogens (tertiary/aromatic N) is 1. The van der Waals surface area contributed by atoms with E-state index in [2.05, 4.69) is 16.9 Å². The quantitative estimate of drug-likeness (QED) is 0.365. The van der Waals surface area contributed by atoms with E-state index in [1.807, 2.05) is 0 Å². The number of ether oxygens (including phenoxy) is 1. The van der Waals surface area contributed by atoms with Crippen LogP contribution in [0.4, 0.5) is 8.78 Å². The molecule has 19 heavy (non-hydrogen) atoms. The lowest BCUT2D eigenvalue weighted by Crippen LogP contribution is -2.24. The smallest absolute Gasteiger partial charge is 0.244 e. The van der Waals surface area contributed by atoms with E-state index in [0.717, 1.165) is 19.7 Å². The lowest BCUT2D eigenvalue weighted by atomic mass is 10.1. The van der Waals surface area contributed by atoms with Crippen molar-refractivity contribution in [1.29, 1.82) is 0 Å². The van der Waals surface area contributed by atoms with Gasteiger partial charge in [-0.1, -0.05) is 6.58 Å². The Morgan fingerprint density at radius 2 is 2.16 bits per heavy atom. The predicted molar refractivity (Wildman–Crippen MR) is 72.5 cm³/mol. The summed E-state index contributed by atoms with van der Waals surface area (Å²) in [5.41, 5.74) is 0.445. The zero-order chi connectivity index (χ0) is 14.7. The van der Waals surface area contributed by atoms with Gasteiger partial charge in [-0.05, 0) is 31.9 Å². The molecule has 0 aliphatic carbocycles. The third kappa shape index (κ3) is 10.5. The van der Waals surface area contributed by atoms with E-state index in [1.54, 1.807) is 7.11 Å². The molecular weight excluding hydrogens is 254 g/mol. The van der Waals surface area contributed by atoms with Gasteiger partial charge in [0.2, 0.25) is 5.95 Å². The van der Waals surface area contributed by atoms with Crippen LogP contribution < -0.4 is 5.32 Å². The maximum atomic E-state index is 12.7. The van der Waals surface area contributed by atoms with Crippen molar-refractivity contribution in [3.63, 3.8) is 0 Å². The van der Waals surface area contributed by atoms with Crippen LogP contribution in [0.3, 0.4) is 0 Å². The number of aliphatic hydroxyl groups excluding tert-OH is 1. The molecular formula is C13H22F2N2O2. The summed E-state index contributed by atoms with van der Waals surface area (Å²) in [6.07, 6.45) is 1.35. The van der Waals surface area contributed by atoms with Crippen molar-refractivity contribution in [1.82, 2.24) is 5.32 Å². The van der Waals surface area contributed by atoms with Gasteiger partial charge in [-0.15, -0.1) is 0 Å². The van der Waals surface area contributed by atoms with Crippen molar-refractivity contribution in [3.05, 3.63) is 23.9 Å². The second kappa shape index (κ2) is 10.8. The maximum absolute atomic E-state index is 12.7. The van der Waals surface area contributed by atoms with Crippen molar-refractivity contribution >= 4 is 6.21 Å². The number of hydrogen-bond acceptors (Lipinski definition) is 4. The number of methoxy groups -OCH3 is 1. The lowest BCUT2D eigenvalue weighted by Gasteiger charge is -2.10. The van der Waals surface area contributed by atoms with Gasteiger partial charge in [-0.25, -0.2) is 9.38 Å². The zero-order valence-electron chi connectivity index (χ0n) is 11.5. The van der Waals surface area contributed by atoms with Gasteiger partial charge in [0.15, 0.2) is 5.83 Å². The highest BCUT2D eigenvalue weighted by Crippen LogP contribution is 2.09.